The van der Waals surface area contributed by atoms with Crippen molar-refractivity contribution in [3.8, 4) is 0 Å². The molecule has 0 aromatic carbocycles. The third-order valence-corrected chi connectivity index (χ3v) is 2.45. The van der Waals surface area contributed by atoms with E-state index in [4.69, 9.17) is 10.5 Å². The summed E-state index contributed by atoms with van der Waals surface area (Å²) >= 11 is 0. The van der Waals surface area contributed by atoms with Gasteiger partial charge in [-0.25, -0.2) is 0 Å². The lowest BCUT2D eigenvalue weighted by Crippen LogP contribution is -1.97. The Morgan fingerprint density at radius 1 is 0.786 bits per heavy atom. The van der Waals surface area contributed by atoms with Gasteiger partial charge in [0.25, 0.3) is 0 Å². The zero-order valence-corrected chi connectivity index (χ0v) is 9.76. The smallest absolute Gasteiger partial charge is 0.0465 e. The minimum absolute atomic E-state index is 0.856. The largest absolute Gasteiger partial charge is 0.382 e. The SMILES string of the molecule is CCOCCCCCCCCCCN. The summed E-state index contributed by atoms with van der Waals surface area (Å²) < 4.78 is 5.28. The molecular weight excluding hydrogens is 174 g/mol. The van der Waals surface area contributed by atoms with E-state index in [-0.39, 0.29) is 0 Å². The number of rotatable bonds is 11. The van der Waals surface area contributed by atoms with Gasteiger partial charge in [-0.1, -0.05) is 38.5 Å². The quantitative estimate of drug-likeness (QED) is 0.521. The molecule has 0 aromatic heterocycles. The summed E-state index contributed by atoms with van der Waals surface area (Å²) in [5, 5.41) is 0. The first-order valence-corrected chi connectivity index (χ1v) is 6.19. The molecule has 0 fully saturated rings. The van der Waals surface area contributed by atoms with Gasteiger partial charge in [-0.2, -0.15) is 0 Å². The van der Waals surface area contributed by atoms with E-state index in [1.807, 2.05) is 0 Å². The number of ether oxygens (including phenoxy) is 1. The van der Waals surface area contributed by atoms with Crippen LogP contribution in [0.4, 0.5) is 0 Å². The van der Waals surface area contributed by atoms with E-state index in [0.717, 1.165) is 19.8 Å². The van der Waals surface area contributed by atoms with Gasteiger partial charge < -0.3 is 10.5 Å². The van der Waals surface area contributed by atoms with E-state index in [0.29, 0.717) is 0 Å². The van der Waals surface area contributed by atoms with Gasteiger partial charge in [0.1, 0.15) is 0 Å². The van der Waals surface area contributed by atoms with Crippen molar-refractivity contribution in [1.29, 1.82) is 0 Å². The lowest BCUT2D eigenvalue weighted by Gasteiger charge is -2.02. The first kappa shape index (κ1) is 13.9. The highest BCUT2D eigenvalue weighted by Gasteiger charge is 1.91. The maximum absolute atomic E-state index is 5.42. The van der Waals surface area contributed by atoms with Gasteiger partial charge in [0.05, 0.1) is 0 Å². The molecule has 0 aliphatic rings. The van der Waals surface area contributed by atoms with Crippen molar-refractivity contribution in [2.45, 2.75) is 58.3 Å². The highest BCUT2D eigenvalue weighted by Crippen LogP contribution is 2.08. The van der Waals surface area contributed by atoms with Crippen molar-refractivity contribution in [3.63, 3.8) is 0 Å². The summed E-state index contributed by atoms with van der Waals surface area (Å²) in [5.74, 6) is 0. The number of nitrogens with two attached hydrogens (primary N) is 1. The number of hydrogen-bond acceptors (Lipinski definition) is 2. The van der Waals surface area contributed by atoms with E-state index in [2.05, 4.69) is 6.92 Å². The van der Waals surface area contributed by atoms with Crippen molar-refractivity contribution in [2.75, 3.05) is 19.8 Å². The Labute approximate surface area is 89.2 Å². The molecule has 0 saturated heterocycles. The van der Waals surface area contributed by atoms with E-state index in [9.17, 15) is 0 Å². The lowest BCUT2D eigenvalue weighted by atomic mass is 10.1. The summed E-state index contributed by atoms with van der Waals surface area (Å²) in [4.78, 5) is 0. The Hall–Kier alpha value is -0.0800. The first-order chi connectivity index (χ1) is 6.91. The average molecular weight is 201 g/mol. The van der Waals surface area contributed by atoms with Crippen molar-refractivity contribution in [3.05, 3.63) is 0 Å². The molecule has 0 aliphatic carbocycles. The summed E-state index contributed by atoms with van der Waals surface area (Å²) in [6, 6.07) is 0. The first-order valence-electron chi connectivity index (χ1n) is 6.19. The fourth-order valence-corrected chi connectivity index (χ4v) is 1.55. The molecule has 0 unspecified atom stereocenters. The molecule has 0 bridgehead atoms. The summed E-state index contributed by atoms with van der Waals surface area (Å²) in [6.07, 6.45) is 10.6. The van der Waals surface area contributed by atoms with Crippen molar-refractivity contribution in [2.24, 2.45) is 5.73 Å². The predicted molar refractivity (Wildman–Crippen MR) is 62.5 cm³/mol. The Morgan fingerprint density at radius 2 is 1.29 bits per heavy atom. The molecule has 2 N–H and O–H groups in total. The van der Waals surface area contributed by atoms with Crippen LogP contribution in [0.1, 0.15) is 58.3 Å². The van der Waals surface area contributed by atoms with E-state index >= 15 is 0 Å². The molecule has 2 heteroatoms. The van der Waals surface area contributed by atoms with Crippen molar-refractivity contribution in [1.82, 2.24) is 0 Å². The zero-order valence-electron chi connectivity index (χ0n) is 9.76. The highest BCUT2D eigenvalue weighted by molar-refractivity contribution is 4.47. The second-order valence-electron chi connectivity index (χ2n) is 3.81. The van der Waals surface area contributed by atoms with E-state index in [1.54, 1.807) is 0 Å². The van der Waals surface area contributed by atoms with Crippen LogP contribution in [0, 0.1) is 0 Å². The molecule has 0 aliphatic heterocycles. The maximum atomic E-state index is 5.42. The van der Waals surface area contributed by atoms with Gasteiger partial charge in [-0.3, -0.25) is 0 Å². The molecular formula is C12H27NO. The molecule has 0 aromatic rings. The topological polar surface area (TPSA) is 35.2 Å². The second kappa shape index (κ2) is 12.9. The van der Waals surface area contributed by atoms with Gasteiger partial charge >= 0.3 is 0 Å². The Kier molecular flexibility index (Phi) is 12.8. The molecule has 14 heavy (non-hydrogen) atoms. The molecule has 0 saturated carbocycles. The van der Waals surface area contributed by atoms with Crippen LogP contribution < -0.4 is 5.73 Å². The van der Waals surface area contributed by atoms with Crippen molar-refractivity contribution >= 4 is 0 Å². The van der Waals surface area contributed by atoms with E-state index in [1.165, 1.54) is 51.4 Å². The average Bonchev–Trinajstić information content (AvgIpc) is 2.21. The van der Waals surface area contributed by atoms with Gasteiger partial charge in [0.15, 0.2) is 0 Å². The molecule has 0 amide bonds. The Balaban J connectivity index is 2.78. The standard InChI is InChI=1S/C12H27NO/c1-2-14-12-10-8-6-4-3-5-7-9-11-13/h2-13H2,1H3. The van der Waals surface area contributed by atoms with Crippen molar-refractivity contribution < 1.29 is 4.74 Å². The monoisotopic (exact) mass is 201 g/mol. The third-order valence-electron chi connectivity index (χ3n) is 2.45. The maximum Gasteiger partial charge on any atom is 0.0465 e. The fraction of sp³-hybridized carbons (Fsp3) is 1.00. The minimum atomic E-state index is 0.856. The normalized spacial score (nSPS) is 10.7. The van der Waals surface area contributed by atoms with Gasteiger partial charge in [0.2, 0.25) is 0 Å². The number of hydrogen-bond donors (Lipinski definition) is 1. The molecule has 0 heterocycles. The van der Waals surface area contributed by atoms with Crippen LogP contribution in [0.15, 0.2) is 0 Å². The molecule has 0 rings (SSSR count). The van der Waals surface area contributed by atoms with Crippen LogP contribution >= 0.6 is 0 Å². The molecule has 0 radical (unpaired) electrons. The van der Waals surface area contributed by atoms with Crippen LogP contribution in [-0.4, -0.2) is 19.8 Å². The third kappa shape index (κ3) is 11.9. The fourth-order valence-electron chi connectivity index (χ4n) is 1.55. The summed E-state index contributed by atoms with van der Waals surface area (Å²) in [6.45, 7) is 4.72. The molecule has 86 valence electrons. The van der Waals surface area contributed by atoms with Crippen LogP contribution in [0.5, 0.6) is 0 Å². The van der Waals surface area contributed by atoms with Gasteiger partial charge in [0, 0.05) is 13.2 Å². The minimum Gasteiger partial charge on any atom is -0.382 e. The van der Waals surface area contributed by atoms with Gasteiger partial charge in [-0.15, -0.1) is 0 Å². The molecule has 0 atom stereocenters. The van der Waals surface area contributed by atoms with Crippen LogP contribution in [0.25, 0.3) is 0 Å². The second-order valence-corrected chi connectivity index (χ2v) is 3.81. The zero-order chi connectivity index (χ0) is 10.5. The van der Waals surface area contributed by atoms with Crippen LogP contribution in [0.3, 0.4) is 0 Å². The molecule has 0 spiro atoms. The predicted octanol–water partition coefficient (Wildman–Crippen LogP) is 3.10. The Morgan fingerprint density at radius 3 is 1.79 bits per heavy atom. The van der Waals surface area contributed by atoms with Crippen LogP contribution in [0.2, 0.25) is 0 Å². The highest BCUT2D eigenvalue weighted by atomic mass is 16.5. The Bertz CT molecular complexity index is 84.3. The lowest BCUT2D eigenvalue weighted by molar-refractivity contribution is 0.143. The number of unbranched alkanes of at least 4 members (excludes halogenated alkanes) is 7. The molecule has 2 nitrogen and oxygen atoms in total. The van der Waals surface area contributed by atoms with E-state index < -0.39 is 0 Å². The van der Waals surface area contributed by atoms with Gasteiger partial charge in [-0.05, 0) is 26.3 Å². The van der Waals surface area contributed by atoms with Crippen LogP contribution in [-0.2, 0) is 4.74 Å². The summed E-state index contributed by atoms with van der Waals surface area (Å²) in [7, 11) is 0. The summed E-state index contributed by atoms with van der Waals surface area (Å²) in [5.41, 5.74) is 5.42.